The number of rotatable bonds is 10. The highest BCUT2D eigenvalue weighted by Gasteiger charge is 2.42. The van der Waals surface area contributed by atoms with Crippen molar-refractivity contribution in [1.29, 1.82) is 0 Å². The SMILES string of the molecule is CCCC/C=C/C(C)N(C(=O)OC(C)(C)C)P(=O)(OCC)OCC. The van der Waals surface area contributed by atoms with Crippen LogP contribution in [0.5, 0.6) is 0 Å². The summed E-state index contributed by atoms with van der Waals surface area (Å²) < 4.78 is 30.3. The van der Waals surface area contributed by atoms with Crippen LogP contribution in [0.3, 0.4) is 0 Å². The Kier molecular flexibility index (Phi) is 10.5. The van der Waals surface area contributed by atoms with E-state index in [1.807, 2.05) is 12.2 Å². The smallest absolute Gasteiger partial charge is 0.440 e. The van der Waals surface area contributed by atoms with Crippen molar-refractivity contribution in [1.82, 2.24) is 4.67 Å². The van der Waals surface area contributed by atoms with E-state index in [1.54, 1.807) is 41.5 Å². The minimum absolute atomic E-state index is 0.169. The van der Waals surface area contributed by atoms with Crippen LogP contribution in [-0.4, -0.2) is 35.6 Å². The zero-order chi connectivity index (χ0) is 18.8. The fourth-order valence-electron chi connectivity index (χ4n) is 1.98. The first kappa shape index (κ1) is 23.2. The molecule has 0 bridgehead atoms. The van der Waals surface area contributed by atoms with Crippen molar-refractivity contribution in [3.8, 4) is 0 Å². The Morgan fingerprint density at radius 3 is 2.12 bits per heavy atom. The molecule has 24 heavy (non-hydrogen) atoms. The number of nitrogens with zero attached hydrogens (tertiary/aromatic N) is 1. The Morgan fingerprint density at radius 1 is 1.17 bits per heavy atom. The van der Waals surface area contributed by atoms with Gasteiger partial charge >= 0.3 is 13.8 Å². The predicted molar refractivity (Wildman–Crippen MR) is 97.1 cm³/mol. The highest BCUT2D eigenvalue weighted by molar-refractivity contribution is 7.52. The quantitative estimate of drug-likeness (QED) is 0.290. The fraction of sp³-hybridized carbons (Fsp3) is 0.824. The highest BCUT2D eigenvalue weighted by Crippen LogP contribution is 2.53. The highest BCUT2D eigenvalue weighted by atomic mass is 31.2. The summed E-state index contributed by atoms with van der Waals surface area (Å²) >= 11 is 0. The third-order valence-electron chi connectivity index (χ3n) is 2.95. The van der Waals surface area contributed by atoms with Gasteiger partial charge in [0.25, 0.3) is 0 Å². The minimum Gasteiger partial charge on any atom is -0.443 e. The lowest BCUT2D eigenvalue weighted by Crippen LogP contribution is -2.40. The largest absolute Gasteiger partial charge is 0.443 e. The normalized spacial score (nSPS) is 14.0. The summed E-state index contributed by atoms with van der Waals surface area (Å²) in [7, 11) is -3.78. The van der Waals surface area contributed by atoms with Crippen molar-refractivity contribution in [2.75, 3.05) is 13.2 Å². The van der Waals surface area contributed by atoms with Crippen molar-refractivity contribution >= 4 is 13.8 Å². The number of amides is 1. The van der Waals surface area contributed by atoms with Crippen LogP contribution in [0, 0.1) is 0 Å². The van der Waals surface area contributed by atoms with E-state index in [0.29, 0.717) is 0 Å². The number of carbonyl (C=O) groups excluding carboxylic acids is 1. The maximum atomic E-state index is 13.1. The molecule has 0 spiro atoms. The molecular formula is C17H34NO5P. The van der Waals surface area contributed by atoms with E-state index in [9.17, 15) is 9.36 Å². The summed E-state index contributed by atoms with van der Waals surface area (Å²) in [6.07, 6.45) is 6.16. The topological polar surface area (TPSA) is 65.1 Å². The summed E-state index contributed by atoms with van der Waals surface area (Å²) in [6.45, 7) is 12.9. The Labute approximate surface area is 147 Å². The lowest BCUT2D eigenvalue weighted by molar-refractivity contribution is 0.0290. The standard InChI is InChI=1S/C17H34NO5P/c1-8-11-12-13-14-15(4)18(16(19)23-17(5,6)7)24(20,21-9-2)22-10-3/h13-15H,8-12H2,1-7H3/b14-13+. The molecule has 0 aromatic heterocycles. The Balaban J connectivity index is 5.51. The third kappa shape index (κ3) is 8.32. The van der Waals surface area contributed by atoms with Gasteiger partial charge in [0.05, 0.1) is 19.3 Å². The van der Waals surface area contributed by atoms with Crippen molar-refractivity contribution < 1.29 is 23.1 Å². The van der Waals surface area contributed by atoms with Crippen LogP contribution < -0.4 is 0 Å². The first-order valence-electron chi connectivity index (χ1n) is 8.69. The average Bonchev–Trinajstić information content (AvgIpc) is 2.42. The second kappa shape index (κ2) is 10.9. The van der Waals surface area contributed by atoms with Gasteiger partial charge in [0.1, 0.15) is 5.60 Å². The van der Waals surface area contributed by atoms with Gasteiger partial charge in [-0.05, 0) is 48.0 Å². The van der Waals surface area contributed by atoms with E-state index in [1.165, 1.54) is 0 Å². The van der Waals surface area contributed by atoms with Gasteiger partial charge in [0.2, 0.25) is 0 Å². The van der Waals surface area contributed by atoms with Crippen molar-refractivity contribution in [2.45, 2.75) is 79.4 Å². The summed E-state index contributed by atoms with van der Waals surface area (Å²) in [5.74, 6) is 0. The molecule has 1 atom stereocenters. The lowest BCUT2D eigenvalue weighted by atomic mass is 10.2. The first-order chi connectivity index (χ1) is 11.1. The van der Waals surface area contributed by atoms with Crippen LogP contribution in [0.2, 0.25) is 0 Å². The van der Waals surface area contributed by atoms with Crippen LogP contribution in [-0.2, 0) is 18.3 Å². The van der Waals surface area contributed by atoms with Crippen molar-refractivity contribution in [3.05, 3.63) is 12.2 Å². The molecule has 7 heteroatoms. The lowest BCUT2D eigenvalue weighted by Gasteiger charge is -2.34. The average molecular weight is 363 g/mol. The van der Waals surface area contributed by atoms with Gasteiger partial charge in [-0.2, -0.15) is 0 Å². The van der Waals surface area contributed by atoms with Gasteiger partial charge in [-0.1, -0.05) is 31.9 Å². The van der Waals surface area contributed by atoms with Crippen LogP contribution in [0.15, 0.2) is 12.2 Å². The molecule has 0 heterocycles. The molecule has 0 rings (SSSR count). The second-order valence-corrected chi connectivity index (χ2v) is 8.32. The number of carbonyl (C=O) groups is 1. The molecule has 0 radical (unpaired) electrons. The Hall–Kier alpha value is -0.840. The van der Waals surface area contributed by atoms with Gasteiger partial charge < -0.3 is 4.74 Å². The van der Waals surface area contributed by atoms with E-state index in [2.05, 4.69) is 6.92 Å². The molecule has 0 aliphatic rings. The molecule has 1 amide bonds. The zero-order valence-corrected chi connectivity index (χ0v) is 17.1. The Bertz CT molecular complexity index is 435. The van der Waals surface area contributed by atoms with Crippen LogP contribution in [0.25, 0.3) is 0 Å². The summed E-state index contributed by atoms with van der Waals surface area (Å²) in [4.78, 5) is 12.6. The van der Waals surface area contributed by atoms with E-state index in [4.69, 9.17) is 13.8 Å². The van der Waals surface area contributed by atoms with Gasteiger partial charge in [-0.25, -0.2) is 14.0 Å². The molecule has 6 nitrogen and oxygen atoms in total. The second-order valence-electron chi connectivity index (χ2n) is 6.44. The van der Waals surface area contributed by atoms with E-state index >= 15 is 0 Å². The van der Waals surface area contributed by atoms with Crippen molar-refractivity contribution in [2.24, 2.45) is 0 Å². The summed E-state index contributed by atoms with van der Waals surface area (Å²) in [6, 6.07) is -0.472. The fourth-order valence-corrected chi connectivity index (χ4v) is 3.72. The van der Waals surface area contributed by atoms with Crippen LogP contribution in [0.4, 0.5) is 4.79 Å². The number of hydrogen-bond donors (Lipinski definition) is 0. The maximum Gasteiger partial charge on any atom is 0.440 e. The van der Waals surface area contributed by atoms with E-state index in [-0.39, 0.29) is 13.2 Å². The van der Waals surface area contributed by atoms with Crippen molar-refractivity contribution in [3.63, 3.8) is 0 Å². The van der Waals surface area contributed by atoms with Crippen LogP contribution in [0.1, 0.15) is 67.7 Å². The molecule has 1 unspecified atom stereocenters. The molecule has 0 fully saturated rings. The maximum absolute atomic E-state index is 13.1. The van der Waals surface area contributed by atoms with Gasteiger partial charge in [0.15, 0.2) is 0 Å². The molecule has 0 aromatic carbocycles. The minimum atomic E-state index is -3.78. The Morgan fingerprint density at radius 2 is 1.71 bits per heavy atom. The summed E-state index contributed by atoms with van der Waals surface area (Å²) in [5.41, 5.74) is -0.704. The number of ether oxygens (including phenoxy) is 1. The first-order valence-corrected chi connectivity index (χ1v) is 10.2. The molecule has 0 saturated carbocycles. The number of unbranched alkanes of at least 4 members (excludes halogenated alkanes) is 2. The van der Waals surface area contributed by atoms with Crippen LogP contribution >= 0.6 is 7.75 Å². The molecule has 142 valence electrons. The molecule has 0 aliphatic carbocycles. The molecule has 0 aromatic rings. The zero-order valence-electron chi connectivity index (χ0n) is 16.2. The number of allylic oxidation sites excluding steroid dienone is 1. The third-order valence-corrected chi connectivity index (χ3v) is 5.18. The molecule has 0 aliphatic heterocycles. The monoisotopic (exact) mass is 363 g/mol. The van der Waals surface area contributed by atoms with Gasteiger partial charge in [-0.3, -0.25) is 9.05 Å². The molecule has 0 N–H and O–H groups in total. The van der Waals surface area contributed by atoms with Gasteiger partial charge in [-0.15, -0.1) is 0 Å². The van der Waals surface area contributed by atoms with E-state index in [0.717, 1.165) is 23.9 Å². The molecule has 0 saturated heterocycles. The van der Waals surface area contributed by atoms with E-state index < -0.39 is 25.5 Å². The summed E-state index contributed by atoms with van der Waals surface area (Å²) in [5, 5.41) is 0. The number of hydrogen-bond acceptors (Lipinski definition) is 5. The molecular weight excluding hydrogens is 329 g/mol. The van der Waals surface area contributed by atoms with Gasteiger partial charge in [0, 0.05) is 0 Å². The predicted octanol–water partition coefficient (Wildman–Crippen LogP) is 5.54.